The molecule has 0 spiro atoms. The molecule has 0 saturated heterocycles. The summed E-state index contributed by atoms with van der Waals surface area (Å²) in [6, 6.07) is 14.0. The molecule has 12 heteroatoms. The Kier molecular flexibility index (Phi) is 8.28. The molecule has 2 amide bonds. The molecule has 3 aromatic rings. The van der Waals surface area contributed by atoms with Crippen molar-refractivity contribution in [3.63, 3.8) is 0 Å². The highest BCUT2D eigenvalue weighted by atomic mass is 35.5. The van der Waals surface area contributed by atoms with Gasteiger partial charge in [-0.05, 0) is 42.5 Å². The molecular formula is C24H24ClN5O5S. The second kappa shape index (κ2) is 11.2. The minimum atomic E-state index is -3.62. The van der Waals surface area contributed by atoms with Crippen LogP contribution in [0.25, 0.3) is 0 Å². The lowest BCUT2D eigenvalue weighted by Gasteiger charge is -2.16. The SMILES string of the molecule is COc1ccc(NC(=O)c2ccc(C(=NS(C)(=O)=O)N(C)C)cc2)c(C(=O)Nc2ccc(Cl)cn2)c1. The van der Waals surface area contributed by atoms with Gasteiger partial charge in [0, 0.05) is 31.4 Å². The number of hydrogen-bond acceptors (Lipinski definition) is 6. The quantitative estimate of drug-likeness (QED) is 0.354. The first-order valence-corrected chi connectivity index (χ1v) is 12.7. The summed E-state index contributed by atoms with van der Waals surface area (Å²) in [7, 11) is 1.18. The van der Waals surface area contributed by atoms with Crippen LogP contribution in [0.15, 0.2) is 65.2 Å². The first kappa shape index (κ1) is 26.6. The number of methoxy groups -OCH3 is 1. The van der Waals surface area contributed by atoms with E-state index >= 15 is 0 Å². The van der Waals surface area contributed by atoms with Crippen LogP contribution in [0.4, 0.5) is 11.5 Å². The van der Waals surface area contributed by atoms with Crippen LogP contribution in [0.2, 0.25) is 5.02 Å². The average Bonchev–Trinajstić information content (AvgIpc) is 2.83. The van der Waals surface area contributed by atoms with Crippen molar-refractivity contribution in [1.29, 1.82) is 0 Å². The highest BCUT2D eigenvalue weighted by Gasteiger charge is 2.17. The van der Waals surface area contributed by atoms with E-state index in [1.807, 2.05) is 0 Å². The number of sulfonamides is 1. The minimum Gasteiger partial charge on any atom is -0.497 e. The molecule has 0 saturated carbocycles. The van der Waals surface area contributed by atoms with Gasteiger partial charge in [-0.25, -0.2) is 13.4 Å². The van der Waals surface area contributed by atoms with Gasteiger partial charge in [0.25, 0.3) is 21.8 Å². The number of carbonyl (C=O) groups excluding carboxylic acids is 2. The van der Waals surface area contributed by atoms with Crippen LogP contribution in [0.1, 0.15) is 26.3 Å². The number of anilines is 2. The lowest BCUT2D eigenvalue weighted by molar-refractivity contribution is 0.102. The largest absolute Gasteiger partial charge is 0.497 e. The number of rotatable bonds is 7. The molecule has 10 nitrogen and oxygen atoms in total. The van der Waals surface area contributed by atoms with Crippen LogP contribution in [-0.2, 0) is 10.0 Å². The van der Waals surface area contributed by atoms with Gasteiger partial charge in [-0.1, -0.05) is 23.7 Å². The number of nitrogens with one attached hydrogen (secondary N) is 2. The van der Waals surface area contributed by atoms with Crippen LogP contribution in [0.5, 0.6) is 5.75 Å². The van der Waals surface area contributed by atoms with Crippen LogP contribution >= 0.6 is 11.6 Å². The fourth-order valence-corrected chi connectivity index (χ4v) is 3.79. The van der Waals surface area contributed by atoms with Crippen molar-refractivity contribution >= 4 is 50.8 Å². The molecule has 0 aliphatic heterocycles. The number of amides is 2. The molecule has 2 N–H and O–H groups in total. The molecule has 0 radical (unpaired) electrons. The molecule has 36 heavy (non-hydrogen) atoms. The van der Waals surface area contributed by atoms with Crippen molar-refractivity contribution in [2.24, 2.45) is 4.40 Å². The zero-order valence-electron chi connectivity index (χ0n) is 19.9. The molecule has 1 heterocycles. The summed E-state index contributed by atoms with van der Waals surface area (Å²) in [5.74, 6) is -0.0475. The predicted molar refractivity (Wildman–Crippen MR) is 140 cm³/mol. The number of amidine groups is 1. The summed E-state index contributed by atoms with van der Waals surface area (Å²) in [6.45, 7) is 0. The number of carbonyl (C=O) groups is 2. The van der Waals surface area contributed by atoms with Gasteiger partial charge < -0.3 is 20.3 Å². The second-order valence-corrected chi connectivity index (χ2v) is 9.89. The molecule has 188 valence electrons. The van der Waals surface area contributed by atoms with E-state index in [4.69, 9.17) is 16.3 Å². The molecule has 0 atom stereocenters. The van der Waals surface area contributed by atoms with Gasteiger partial charge in [-0.2, -0.15) is 0 Å². The molecule has 0 unspecified atom stereocenters. The second-order valence-electron chi connectivity index (χ2n) is 7.80. The fourth-order valence-electron chi connectivity index (χ4n) is 3.10. The van der Waals surface area contributed by atoms with E-state index in [0.29, 0.717) is 16.3 Å². The van der Waals surface area contributed by atoms with Gasteiger partial charge in [-0.15, -0.1) is 4.40 Å². The Morgan fingerprint density at radius 3 is 2.19 bits per heavy atom. The van der Waals surface area contributed by atoms with Crippen LogP contribution < -0.4 is 15.4 Å². The number of benzene rings is 2. The first-order valence-electron chi connectivity index (χ1n) is 10.5. The third-order valence-corrected chi connectivity index (χ3v) is 5.50. The fraction of sp³-hybridized carbons (Fsp3) is 0.167. The summed E-state index contributed by atoms with van der Waals surface area (Å²) >= 11 is 5.84. The van der Waals surface area contributed by atoms with Crippen molar-refractivity contribution in [3.8, 4) is 5.75 Å². The third-order valence-electron chi connectivity index (χ3n) is 4.77. The van der Waals surface area contributed by atoms with Gasteiger partial charge in [0.1, 0.15) is 17.4 Å². The highest BCUT2D eigenvalue weighted by molar-refractivity contribution is 7.89. The normalized spacial score (nSPS) is 11.5. The van der Waals surface area contributed by atoms with E-state index in [2.05, 4.69) is 20.0 Å². The number of nitrogens with zero attached hydrogens (tertiary/aromatic N) is 3. The average molecular weight is 530 g/mol. The van der Waals surface area contributed by atoms with E-state index < -0.39 is 21.8 Å². The standard InChI is InChI=1S/C24H24ClN5O5S/c1-30(2)22(29-36(4,33)34)15-5-7-16(8-6-15)23(31)27-20-11-10-18(35-3)13-19(20)24(32)28-21-12-9-17(25)14-26-21/h5-14H,1-4H3,(H,27,31)(H,26,28,32). The number of ether oxygens (including phenoxy) is 1. The number of pyridine rings is 1. The molecular weight excluding hydrogens is 506 g/mol. The van der Waals surface area contributed by atoms with Crippen molar-refractivity contribution < 1.29 is 22.7 Å². The number of halogens is 1. The maximum absolute atomic E-state index is 12.9. The zero-order valence-corrected chi connectivity index (χ0v) is 21.5. The van der Waals surface area contributed by atoms with E-state index in [-0.39, 0.29) is 28.5 Å². The maximum atomic E-state index is 12.9. The monoisotopic (exact) mass is 529 g/mol. The van der Waals surface area contributed by atoms with Gasteiger partial charge in [0.15, 0.2) is 0 Å². The Bertz CT molecular complexity index is 1410. The van der Waals surface area contributed by atoms with Crippen molar-refractivity contribution in [2.75, 3.05) is 38.1 Å². The Morgan fingerprint density at radius 2 is 1.64 bits per heavy atom. The molecule has 0 fully saturated rings. The molecule has 1 aromatic heterocycles. The summed E-state index contributed by atoms with van der Waals surface area (Å²) < 4.78 is 32.2. The number of aromatic nitrogens is 1. The molecule has 2 aromatic carbocycles. The summed E-state index contributed by atoms with van der Waals surface area (Å²) in [6.07, 6.45) is 2.40. The third kappa shape index (κ3) is 7.03. The van der Waals surface area contributed by atoms with E-state index in [1.165, 1.54) is 31.5 Å². The highest BCUT2D eigenvalue weighted by Crippen LogP contribution is 2.24. The lowest BCUT2D eigenvalue weighted by atomic mass is 10.1. The smallest absolute Gasteiger partial charge is 0.259 e. The molecule has 0 bridgehead atoms. The Balaban J connectivity index is 1.85. The van der Waals surface area contributed by atoms with E-state index in [9.17, 15) is 18.0 Å². The summed E-state index contributed by atoms with van der Waals surface area (Å²) in [5, 5.41) is 5.81. The molecule has 0 aliphatic rings. The summed E-state index contributed by atoms with van der Waals surface area (Å²) in [5.41, 5.74) is 1.22. The zero-order chi connectivity index (χ0) is 26.5. The lowest BCUT2D eigenvalue weighted by Crippen LogP contribution is -2.24. The van der Waals surface area contributed by atoms with Crippen LogP contribution in [0.3, 0.4) is 0 Å². The van der Waals surface area contributed by atoms with Gasteiger partial charge in [0.2, 0.25) is 0 Å². The predicted octanol–water partition coefficient (Wildman–Crippen LogP) is 3.52. The van der Waals surface area contributed by atoms with Crippen LogP contribution in [0, 0.1) is 0 Å². The van der Waals surface area contributed by atoms with Gasteiger partial charge in [0.05, 0.1) is 29.6 Å². The Labute approximate surface area is 214 Å². The van der Waals surface area contributed by atoms with E-state index in [0.717, 1.165) is 6.26 Å². The maximum Gasteiger partial charge on any atom is 0.259 e. The Morgan fingerprint density at radius 1 is 0.972 bits per heavy atom. The van der Waals surface area contributed by atoms with Crippen molar-refractivity contribution in [2.45, 2.75) is 0 Å². The summed E-state index contributed by atoms with van der Waals surface area (Å²) in [4.78, 5) is 31.5. The van der Waals surface area contributed by atoms with Crippen molar-refractivity contribution in [1.82, 2.24) is 9.88 Å². The molecule has 0 aliphatic carbocycles. The topological polar surface area (TPSA) is 130 Å². The number of hydrogen-bond donors (Lipinski definition) is 2. The minimum absolute atomic E-state index is 0.159. The Hall–Kier alpha value is -3.96. The van der Waals surface area contributed by atoms with Gasteiger partial charge >= 0.3 is 0 Å². The van der Waals surface area contributed by atoms with Crippen molar-refractivity contribution in [3.05, 3.63) is 82.5 Å². The molecule has 3 rings (SSSR count). The van der Waals surface area contributed by atoms with E-state index in [1.54, 1.807) is 55.4 Å². The first-order chi connectivity index (χ1) is 17.0. The van der Waals surface area contributed by atoms with Gasteiger partial charge in [-0.3, -0.25) is 9.59 Å². The van der Waals surface area contributed by atoms with Crippen LogP contribution in [-0.4, -0.2) is 63.4 Å².